The van der Waals surface area contributed by atoms with E-state index in [1.54, 1.807) is 27.0 Å². The number of aliphatic imine (C=N–C) groups is 1. The molecule has 1 aromatic heterocycles. The van der Waals surface area contributed by atoms with Crippen LogP contribution >= 0.6 is 15.9 Å². The van der Waals surface area contributed by atoms with Gasteiger partial charge < -0.3 is 10.4 Å². The maximum atomic E-state index is 11.9. The van der Waals surface area contributed by atoms with Gasteiger partial charge in [-0.2, -0.15) is 0 Å². The molecule has 2 heterocycles. The molecule has 7 heteroatoms. The molecule has 0 saturated heterocycles. The van der Waals surface area contributed by atoms with E-state index >= 15 is 0 Å². The molecule has 1 amide bonds. The van der Waals surface area contributed by atoms with Crippen LogP contribution in [0.3, 0.4) is 0 Å². The normalized spacial score (nSPS) is 21.5. The summed E-state index contributed by atoms with van der Waals surface area (Å²) in [5.74, 6) is -1.73. The van der Waals surface area contributed by atoms with E-state index in [0.29, 0.717) is 5.82 Å². The third-order valence-electron chi connectivity index (χ3n) is 2.54. The average Bonchev–Trinajstić information content (AvgIpc) is 2.28. The molecular formula is C12H15BrN4O2. The third-order valence-corrected chi connectivity index (χ3v) is 2.97. The first-order chi connectivity index (χ1) is 8.70. The SMILES string of the molecule is CC(C)(C)C(=O)NC1(O)N=Cc2cc(Br)cnc2N1. The number of hydrogen-bond acceptors (Lipinski definition) is 5. The Labute approximate surface area is 119 Å². The summed E-state index contributed by atoms with van der Waals surface area (Å²) >= 11 is 3.30. The van der Waals surface area contributed by atoms with E-state index in [9.17, 15) is 9.90 Å². The van der Waals surface area contributed by atoms with Crippen molar-refractivity contribution in [1.29, 1.82) is 0 Å². The van der Waals surface area contributed by atoms with Crippen LogP contribution in [0.25, 0.3) is 0 Å². The van der Waals surface area contributed by atoms with Crippen LogP contribution in [0.2, 0.25) is 0 Å². The molecule has 6 nitrogen and oxygen atoms in total. The molecule has 0 saturated carbocycles. The molecule has 1 atom stereocenters. The number of aliphatic hydroxyl groups is 1. The number of rotatable bonds is 1. The van der Waals surface area contributed by atoms with Crippen molar-refractivity contribution < 1.29 is 9.90 Å². The molecule has 0 aliphatic carbocycles. The number of fused-ring (bicyclic) bond motifs is 1. The van der Waals surface area contributed by atoms with Crippen molar-refractivity contribution in [3.63, 3.8) is 0 Å². The molecule has 0 fully saturated rings. The quantitative estimate of drug-likeness (QED) is 0.682. The minimum atomic E-state index is -1.86. The number of nitrogens with zero attached hydrogens (tertiary/aromatic N) is 2. The maximum Gasteiger partial charge on any atom is 0.323 e. The topological polar surface area (TPSA) is 86.6 Å². The van der Waals surface area contributed by atoms with E-state index < -0.39 is 11.4 Å². The lowest BCUT2D eigenvalue weighted by Gasteiger charge is -2.32. The van der Waals surface area contributed by atoms with Crippen LogP contribution < -0.4 is 10.6 Å². The maximum absolute atomic E-state index is 11.9. The molecular weight excluding hydrogens is 312 g/mol. The largest absolute Gasteiger partial charge is 0.335 e. The van der Waals surface area contributed by atoms with Crippen molar-refractivity contribution in [3.05, 3.63) is 22.3 Å². The molecule has 19 heavy (non-hydrogen) atoms. The Bertz CT molecular complexity index is 553. The number of halogens is 1. The van der Waals surface area contributed by atoms with E-state index in [1.807, 2.05) is 6.07 Å². The summed E-state index contributed by atoms with van der Waals surface area (Å²) in [5, 5.41) is 15.4. The highest BCUT2D eigenvalue weighted by atomic mass is 79.9. The second-order valence-electron chi connectivity index (χ2n) is 5.35. The third kappa shape index (κ3) is 3.10. The first-order valence-electron chi connectivity index (χ1n) is 5.74. The monoisotopic (exact) mass is 326 g/mol. The van der Waals surface area contributed by atoms with Gasteiger partial charge in [0.25, 0.3) is 0 Å². The number of amides is 1. The Hall–Kier alpha value is -1.47. The first-order valence-corrected chi connectivity index (χ1v) is 6.53. The lowest BCUT2D eigenvalue weighted by atomic mass is 9.96. The fourth-order valence-corrected chi connectivity index (χ4v) is 1.78. The highest BCUT2D eigenvalue weighted by Gasteiger charge is 2.35. The summed E-state index contributed by atoms with van der Waals surface area (Å²) in [4.78, 5) is 19.9. The van der Waals surface area contributed by atoms with Crippen molar-refractivity contribution in [1.82, 2.24) is 10.3 Å². The highest BCUT2D eigenvalue weighted by molar-refractivity contribution is 9.10. The van der Waals surface area contributed by atoms with Gasteiger partial charge in [-0.25, -0.2) is 9.98 Å². The molecule has 0 spiro atoms. The van der Waals surface area contributed by atoms with Crippen LogP contribution in [0.1, 0.15) is 26.3 Å². The van der Waals surface area contributed by atoms with Crippen molar-refractivity contribution in [2.45, 2.75) is 26.7 Å². The lowest BCUT2D eigenvalue weighted by Crippen LogP contribution is -2.57. The van der Waals surface area contributed by atoms with Crippen LogP contribution in [0, 0.1) is 5.41 Å². The van der Waals surface area contributed by atoms with Gasteiger partial charge in [0.05, 0.1) is 0 Å². The molecule has 1 aromatic rings. The van der Waals surface area contributed by atoms with Crippen molar-refractivity contribution in [2.75, 3.05) is 5.32 Å². The number of nitrogens with one attached hydrogen (secondary N) is 2. The zero-order valence-corrected chi connectivity index (χ0v) is 12.4. The fourth-order valence-electron chi connectivity index (χ4n) is 1.43. The number of pyridine rings is 1. The minimum absolute atomic E-state index is 0.319. The molecule has 0 bridgehead atoms. The van der Waals surface area contributed by atoms with Gasteiger partial charge in [0.2, 0.25) is 5.91 Å². The Balaban J connectivity index is 2.22. The van der Waals surface area contributed by atoms with E-state index in [0.717, 1.165) is 10.0 Å². The molecule has 102 valence electrons. The average molecular weight is 327 g/mol. The lowest BCUT2D eigenvalue weighted by molar-refractivity contribution is -0.134. The zero-order chi connectivity index (χ0) is 14.3. The highest BCUT2D eigenvalue weighted by Crippen LogP contribution is 2.24. The second-order valence-corrected chi connectivity index (χ2v) is 6.27. The van der Waals surface area contributed by atoms with Crippen LogP contribution in [-0.2, 0) is 4.79 Å². The van der Waals surface area contributed by atoms with Crippen molar-refractivity contribution in [2.24, 2.45) is 10.4 Å². The predicted molar refractivity (Wildman–Crippen MR) is 75.7 cm³/mol. The van der Waals surface area contributed by atoms with Gasteiger partial charge in [-0.3, -0.25) is 10.1 Å². The summed E-state index contributed by atoms with van der Waals surface area (Å²) in [6.45, 7) is 5.25. The van der Waals surface area contributed by atoms with Gasteiger partial charge in [0.1, 0.15) is 5.82 Å². The van der Waals surface area contributed by atoms with Gasteiger partial charge in [-0.15, -0.1) is 0 Å². The summed E-state index contributed by atoms with van der Waals surface area (Å²) < 4.78 is 0.809. The Morgan fingerprint density at radius 2 is 2.21 bits per heavy atom. The number of anilines is 1. The molecule has 1 aliphatic rings. The van der Waals surface area contributed by atoms with Crippen LogP contribution in [0.4, 0.5) is 5.82 Å². The van der Waals surface area contributed by atoms with Crippen LogP contribution in [0.5, 0.6) is 0 Å². The number of hydrogen-bond donors (Lipinski definition) is 3. The fraction of sp³-hybridized carbons (Fsp3) is 0.417. The minimum Gasteiger partial charge on any atom is -0.335 e. The van der Waals surface area contributed by atoms with Crippen LogP contribution in [0.15, 0.2) is 21.7 Å². The van der Waals surface area contributed by atoms with Gasteiger partial charge >= 0.3 is 5.97 Å². The smallest absolute Gasteiger partial charge is 0.323 e. The van der Waals surface area contributed by atoms with E-state index in [4.69, 9.17) is 0 Å². The van der Waals surface area contributed by atoms with Crippen molar-refractivity contribution >= 4 is 33.9 Å². The predicted octanol–water partition coefficient (Wildman–Crippen LogP) is 1.45. The van der Waals surface area contributed by atoms with Gasteiger partial charge in [-0.05, 0) is 22.0 Å². The molecule has 2 rings (SSSR count). The summed E-state index contributed by atoms with van der Waals surface area (Å²) in [5.41, 5.74) is 0.101. The molecule has 1 unspecified atom stereocenters. The first kappa shape index (κ1) is 14.0. The van der Waals surface area contributed by atoms with Crippen LogP contribution in [-0.4, -0.2) is 28.2 Å². The second kappa shape index (κ2) is 4.57. The van der Waals surface area contributed by atoms with Gasteiger partial charge in [0.15, 0.2) is 0 Å². The molecule has 0 radical (unpaired) electrons. The standard InChI is InChI=1S/C12H15BrN4O2/c1-11(2,3)10(18)17-12(19)15-5-7-4-8(13)6-14-9(7)16-12/h4-6,19H,1-3H3,(H,14,16)(H,17,18). The number of aromatic nitrogens is 1. The van der Waals surface area contributed by atoms with E-state index in [1.165, 1.54) is 6.21 Å². The molecule has 3 N–H and O–H groups in total. The summed E-state index contributed by atoms with van der Waals surface area (Å²) in [6.07, 6.45) is 3.06. The Morgan fingerprint density at radius 1 is 1.53 bits per heavy atom. The zero-order valence-electron chi connectivity index (χ0n) is 10.9. The van der Waals surface area contributed by atoms with Crippen molar-refractivity contribution in [3.8, 4) is 0 Å². The van der Waals surface area contributed by atoms with E-state index in [-0.39, 0.29) is 5.91 Å². The summed E-state index contributed by atoms with van der Waals surface area (Å²) in [7, 11) is 0. The number of carbonyl (C=O) groups excluding carboxylic acids is 1. The number of carbonyl (C=O) groups is 1. The molecule has 1 aliphatic heterocycles. The van der Waals surface area contributed by atoms with Gasteiger partial charge in [-0.1, -0.05) is 20.8 Å². The Kier molecular flexibility index (Phi) is 3.36. The molecule has 0 aromatic carbocycles. The van der Waals surface area contributed by atoms with Gasteiger partial charge in [0, 0.05) is 27.9 Å². The summed E-state index contributed by atoms with van der Waals surface area (Å²) in [6, 6.07) is 1.81. The Morgan fingerprint density at radius 3 is 2.84 bits per heavy atom. The van der Waals surface area contributed by atoms with E-state index in [2.05, 4.69) is 36.5 Å².